The molecule has 1 N–H and O–H groups in total. The molecule has 2 amide bonds. The number of pyridine rings is 1. The van der Waals surface area contributed by atoms with Gasteiger partial charge in [0.05, 0.1) is 11.5 Å². The summed E-state index contributed by atoms with van der Waals surface area (Å²) in [5, 5.41) is 13.7. The molecule has 0 aliphatic carbocycles. The van der Waals surface area contributed by atoms with E-state index in [2.05, 4.69) is 15.2 Å². The molecular formula is C20H25N5O5. The summed E-state index contributed by atoms with van der Waals surface area (Å²) >= 11 is 0. The molecule has 0 unspecified atom stereocenters. The number of hydrogen-bond donors (Lipinski definition) is 1. The summed E-state index contributed by atoms with van der Waals surface area (Å²) in [5.74, 6) is 0.518. The van der Waals surface area contributed by atoms with E-state index >= 15 is 0 Å². The maximum absolute atomic E-state index is 12.4. The summed E-state index contributed by atoms with van der Waals surface area (Å²) in [6, 6.07) is 9.97. The van der Waals surface area contributed by atoms with Gasteiger partial charge < -0.3 is 24.6 Å². The van der Waals surface area contributed by atoms with Crippen LogP contribution >= 0.6 is 0 Å². The lowest BCUT2D eigenvalue weighted by Gasteiger charge is -2.36. The number of non-ortho nitro benzene ring substituents is 1. The largest absolute Gasteiger partial charge is 0.475 e. The summed E-state index contributed by atoms with van der Waals surface area (Å²) in [6.07, 6.45) is 1.68. The zero-order chi connectivity index (χ0) is 21.3. The molecule has 3 rings (SSSR count). The highest BCUT2D eigenvalue weighted by molar-refractivity contribution is 5.74. The third-order valence-corrected chi connectivity index (χ3v) is 4.77. The highest BCUT2D eigenvalue weighted by Gasteiger charge is 2.21. The number of carbonyl (C=O) groups is 1. The van der Waals surface area contributed by atoms with Gasteiger partial charge in [-0.1, -0.05) is 6.07 Å². The zero-order valence-corrected chi connectivity index (χ0v) is 16.8. The quantitative estimate of drug-likeness (QED) is 0.399. The third kappa shape index (κ3) is 5.80. The third-order valence-electron chi connectivity index (χ3n) is 4.77. The Bertz CT molecular complexity index is 836. The highest BCUT2D eigenvalue weighted by Crippen LogP contribution is 2.20. The lowest BCUT2D eigenvalue weighted by molar-refractivity contribution is -0.384. The molecule has 0 bridgehead atoms. The normalized spacial score (nSPS) is 13.8. The number of urea groups is 1. The molecule has 1 aromatic carbocycles. The van der Waals surface area contributed by atoms with Crippen molar-refractivity contribution in [1.82, 2.24) is 15.2 Å². The smallest absolute Gasteiger partial charge is 0.317 e. The number of methoxy groups -OCH3 is 1. The number of carbonyl (C=O) groups excluding carboxylic acids is 1. The zero-order valence-electron chi connectivity index (χ0n) is 16.8. The molecule has 2 aromatic rings. The number of nitrogens with zero attached hydrogens (tertiary/aromatic N) is 4. The highest BCUT2D eigenvalue weighted by atomic mass is 16.6. The van der Waals surface area contributed by atoms with Crippen LogP contribution in [0.4, 0.5) is 16.2 Å². The molecular weight excluding hydrogens is 390 g/mol. The average molecular weight is 415 g/mol. The summed E-state index contributed by atoms with van der Waals surface area (Å²) < 4.78 is 10.3. The number of piperazine rings is 1. The van der Waals surface area contributed by atoms with E-state index < -0.39 is 4.92 Å². The van der Waals surface area contributed by atoms with Crippen LogP contribution in [0.5, 0.6) is 5.88 Å². The minimum absolute atomic E-state index is 0.0702. The lowest BCUT2D eigenvalue weighted by atomic mass is 10.2. The van der Waals surface area contributed by atoms with E-state index in [1.54, 1.807) is 36.4 Å². The van der Waals surface area contributed by atoms with Crippen LogP contribution in [0.3, 0.4) is 0 Å². The molecule has 1 saturated heterocycles. The van der Waals surface area contributed by atoms with E-state index in [0.717, 1.165) is 11.3 Å². The molecule has 1 aromatic heterocycles. The number of nitrogens with one attached hydrogen (secondary N) is 1. The number of ether oxygens (including phenoxy) is 2. The Morgan fingerprint density at radius 1 is 1.13 bits per heavy atom. The minimum Gasteiger partial charge on any atom is -0.475 e. The Balaban J connectivity index is 1.42. The Labute approximate surface area is 174 Å². The van der Waals surface area contributed by atoms with E-state index in [9.17, 15) is 14.9 Å². The molecule has 30 heavy (non-hydrogen) atoms. The van der Waals surface area contributed by atoms with Crippen molar-refractivity contribution in [2.75, 3.05) is 51.4 Å². The molecule has 10 nitrogen and oxygen atoms in total. The van der Waals surface area contributed by atoms with E-state index in [4.69, 9.17) is 9.47 Å². The maximum atomic E-state index is 12.4. The maximum Gasteiger partial charge on any atom is 0.317 e. The van der Waals surface area contributed by atoms with Gasteiger partial charge >= 0.3 is 6.03 Å². The first-order chi connectivity index (χ1) is 14.6. The second kappa shape index (κ2) is 10.4. The van der Waals surface area contributed by atoms with Crippen LogP contribution in [0, 0.1) is 10.1 Å². The SMILES string of the molecule is COCCOc1ccc(CNC(=O)N2CCN(c3ccc([N+](=O)[O-])cc3)CC2)cn1. The number of amides is 2. The topological polar surface area (TPSA) is 110 Å². The first-order valence-electron chi connectivity index (χ1n) is 9.65. The lowest BCUT2D eigenvalue weighted by Crippen LogP contribution is -2.51. The van der Waals surface area contributed by atoms with Crippen molar-refractivity contribution in [3.63, 3.8) is 0 Å². The molecule has 0 radical (unpaired) electrons. The van der Waals surface area contributed by atoms with Crippen LogP contribution in [-0.2, 0) is 11.3 Å². The molecule has 1 aliphatic heterocycles. The van der Waals surface area contributed by atoms with Crippen molar-refractivity contribution in [3.05, 3.63) is 58.3 Å². The van der Waals surface area contributed by atoms with Crippen LogP contribution in [0.1, 0.15) is 5.56 Å². The van der Waals surface area contributed by atoms with Crippen molar-refractivity contribution < 1.29 is 19.2 Å². The van der Waals surface area contributed by atoms with Gasteiger partial charge in [-0.25, -0.2) is 9.78 Å². The second-order valence-electron chi connectivity index (χ2n) is 6.75. The second-order valence-corrected chi connectivity index (χ2v) is 6.75. The summed E-state index contributed by atoms with van der Waals surface area (Å²) in [6.45, 7) is 3.80. The van der Waals surface area contributed by atoms with Gasteiger partial charge in [0.25, 0.3) is 5.69 Å². The van der Waals surface area contributed by atoms with Gasteiger partial charge in [0.2, 0.25) is 5.88 Å². The molecule has 0 spiro atoms. The molecule has 1 aliphatic rings. The fourth-order valence-electron chi connectivity index (χ4n) is 3.07. The van der Waals surface area contributed by atoms with Gasteiger partial charge in [0.1, 0.15) is 6.61 Å². The first-order valence-corrected chi connectivity index (χ1v) is 9.65. The van der Waals surface area contributed by atoms with Gasteiger partial charge in [-0.05, 0) is 17.7 Å². The monoisotopic (exact) mass is 415 g/mol. The van der Waals surface area contributed by atoms with Crippen molar-refractivity contribution in [3.8, 4) is 5.88 Å². The summed E-state index contributed by atoms with van der Waals surface area (Å²) in [5.41, 5.74) is 1.87. The molecule has 0 atom stereocenters. The summed E-state index contributed by atoms with van der Waals surface area (Å²) in [4.78, 5) is 30.9. The minimum atomic E-state index is -0.413. The molecule has 10 heteroatoms. The number of rotatable bonds is 8. The fraction of sp³-hybridized carbons (Fsp3) is 0.400. The number of anilines is 1. The first kappa shape index (κ1) is 21.3. The van der Waals surface area contributed by atoms with Crippen molar-refractivity contribution >= 4 is 17.4 Å². The van der Waals surface area contributed by atoms with Crippen LogP contribution in [0.2, 0.25) is 0 Å². The van der Waals surface area contributed by atoms with Crippen LogP contribution < -0.4 is 15.0 Å². The number of nitro groups is 1. The Hall–Kier alpha value is -3.40. The van der Waals surface area contributed by atoms with E-state index in [1.807, 2.05) is 6.07 Å². The standard InChI is InChI=1S/C20H25N5O5/c1-29-12-13-30-19-7-2-16(14-21-19)15-22-20(26)24-10-8-23(9-11-24)17-3-5-18(6-4-17)25(27)28/h2-7,14H,8-13,15H2,1H3,(H,22,26). The number of nitro benzene ring substituents is 1. The van der Waals surface area contributed by atoms with Gasteiger partial charge in [-0.15, -0.1) is 0 Å². The van der Waals surface area contributed by atoms with Gasteiger partial charge in [-0.3, -0.25) is 10.1 Å². The van der Waals surface area contributed by atoms with Crippen molar-refractivity contribution in [2.24, 2.45) is 0 Å². The Morgan fingerprint density at radius 2 is 1.87 bits per heavy atom. The number of hydrogen-bond acceptors (Lipinski definition) is 7. The molecule has 160 valence electrons. The molecule has 1 fully saturated rings. The Morgan fingerprint density at radius 3 is 2.47 bits per heavy atom. The van der Waals surface area contributed by atoms with E-state index in [0.29, 0.717) is 51.8 Å². The molecule has 0 saturated carbocycles. The predicted molar refractivity (Wildman–Crippen MR) is 111 cm³/mol. The number of benzene rings is 1. The van der Waals surface area contributed by atoms with Gasteiger partial charge in [0.15, 0.2) is 0 Å². The van der Waals surface area contributed by atoms with Gasteiger partial charge in [0, 0.05) is 69.9 Å². The molecule has 2 heterocycles. The average Bonchev–Trinajstić information content (AvgIpc) is 2.78. The summed E-state index contributed by atoms with van der Waals surface area (Å²) in [7, 11) is 1.61. The fourth-order valence-corrected chi connectivity index (χ4v) is 3.07. The Kier molecular flexibility index (Phi) is 7.39. The van der Waals surface area contributed by atoms with Crippen molar-refractivity contribution in [1.29, 1.82) is 0 Å². The van der Waals surface area contributed by atoms with Crippen LogP contribution in [0.15, 0.2) is 42.6 Å². The van der Waals surface area contributed by atoms with Crippen LogP contribution in [0.25, 0.3) is 0 Å². The van der Waals surface area contributed by atoms with E-state index in [-0.39, 0.29) is 11.7 Å². The van der Waals surface area contributed by atoms with E-state index in [1.165, 1.54) is 12.1 Å². The van der Waals surface area contributed by atoms with Crippen LogP contribution in [-0.4, -0.2) is 67.3 Å². The van der Waals surface area contributed by atoms with Gasteiger partial charge in [-0.2, -0.15) is 0 Å². The van der Waals surface area contributed by atoms with Crippen molar-refractivity contribution in [2.45, 2.75) is 6.54 Å². The number of aromatic nitrogens is 1. The predicted octanol–water partition coefficient (Wildman–Crippen LogP) is 2.05.